The standard InChI is InChI=1S/C19H16N2O3S/c1-3-25(22)15-7-4-13(5-8-15)17-11-23-18-9-6-14(10-16(17)18)19-21-20-12(2)24-19/h4-11H,3H2,1-2H3. The molecule has 0 bridgehead atoms. The molecule has 5 nitrogen and oxygen atoms in total. The van der Waals surface area contributed by atoms with Gasteiger partial charge in [-0.1, -0.05) is 19.1 Å². The Morgan fingerprint density at radius 3 is 2.48 bits per heavy atom. The van der Waals surface area contributed by atoms with Crippen molar-refractivity contribution in [3.63, 3.8) is 0 Å². The third kappa shape index (κ3) is 2.89. The molecule has 0 fully saturated rings. The van der Waals surface area contributed by atoms with Gasteiger partial charge in [-0.2, -0.15) is 0 Å². The second kappa shape index (κ2) is 6.29. The van der Waals surface area contributed by atoms with Gasteiger partial charge in [0.05, 0.1) is 17.1 Å². The van der Waals surface area contributed by atoms with Crippen LogP contribution in [-0.4, -0.2) is 20.2 Å². The summed E-state index contributed by atoms with van der Waals surface area (Å²) in [5.41, 5.74) is 3.62. The zero-order valence-electron chi connectivity index (χ0n) is 13.9. The van der Waals surface area contributed by atoms with Crippen LogP contribution >= 0.6 is 0 Å². The van der Waals surface area contributed by atoms with Crippen molar-refractivity contribution in [3.8, 4) is 22.6 Å². The number of nitrogens with zero attached hydrogens (tertiary/aromatic N) is 2. The maximum Gasteiger partial charge on any atom is 0.247 e. The first kappa shape index (κ1) is 15.8. The molecular weight excluding hydrogens is 336 g/mol. The third-order valence-corrected chi connectivity index (χ3v) is 5.36. The lowest BCUT2D eigenvalue weighted by Crippen LogP contribution is -1.93. The van der Waals surface area contributed by atoms with Crippen LogP contribution in [-0.2, 0) is 10.8 Å². The maximum atomic E-state index is 11.9. The van der Waals surface area contributed by atoms with Gasteiger partial charge in [0, 0.05) is 34.1 Å². The quantitative estimate of drug-likeness (QED) is 0.537. The smallest absolute Gasteiger partial charge is 0.247 e. The Morgan fingerprint density at radius 2 is 1.80 bits per heavy atom. The number of fused-ring (bicyclic) bond motifs is 1. The zero-order chi connectivity index (χ0) is 17.4. The number of hydrogen-bond acceptors (Lipinski definition) is 5. The molecule has 1 atom stereocenters. The molecular formula is C19H16N2O3S. The molecule has 4 aromatic rings. The topological polar surface area (TPSA) is 69.1 Å². The summed E-state index contributed by atoms with van der Waals surface area (Å²) in [5.74, 6) is 1.63. The highest BCUT2D eigenvalue weighted by atomic mass is 32.2. The van der Waals surface area contributed by atoms with Crippen LogP contribution < -0.4 is 0 Å². The Morgan fingerprint density at radius 1 is 1.04 bits per heavy atom. The zero-order valence-corrected chi connectivity index (χ0v) is 14.7. The van der Waals surface area contributed by atoms with E-state index in [4.69, 9.17) is 8.83 Å². The molecule has 0 saturated heterocycles. The van der Waals surface area contributed by atoms with E-state index in [1.807, 2.05) is 49.4 Å². The molecule has 2 heterocycles. The van der Waals surface area contributed by atoms with E-state index >= 15 is 0 Å². The summed E-state index contributed by atoms with van der Waals surface area (Å²) in [5, 5.41) is 8.92. The molecule has 126 valence electrons. The van der Waals surface area contributed by atoms with Crippen LogP contribution in [0.1, 0.15) is 12.8 Å². The largest absolute Gasteiger partial charge is 0.464 e. The molecule has 4 rings (SSSR count). The Balaban J connectivity index is 1.78. The Bertz CT molecular complexity index is 1060. The van der Waals surface area contributed by atoms with E-state index < -0.39 is 10.8 Å². The van der Waals surface area contributed by atoms with Crippen molar-refractivity contribution >= 4 is 21.8 Å². The number of furan rings is 1. The summed E-state index contributed by atoms with van der Waals surface area (Å²) in [7, 11) is -0.950. The van der Waals surface area contributed by atoms with Crippen LogP contribution in [0.15, 0.2) is 62.5 Å². The van der Waals surface area contributed by atoms with Crippen molar-refractivity contribution in [3.05, 3.63) is 54.6 Å². The second-order valence-electron chi connectivity index (χ2n) is 5.65. The van der Waals surface area contributed by atoms with Crippen LogP contribution in [0.2, 0.25) is 0 Å². The van der Waals surface area contributed by atoms with Crippen LogP contribution in [0.5, 0.6) is 0 Å². The Hall–Kier alpha value is -2.73. The molecule has 0 spiro atoms. The van der Waals surface area contributed by atoms with Crippen molar-refractivity contribution in [2.24, 2.45) is 0 Å². The van der Waals surface area contributed by atoms with E-state index in [0.717, 1.165) is 32.6 Å². The fourth-order valence-electron chi connectivity index (χ4n) is 2.75. The van der Waals surface area contributed by atoms with Gasteiger partial charge in [-0.05, 0) is 35.9 Å². The van der Waals surface area contributed by atoms with Crippen LogP contribution in [0.4, 0.5) is 0 Å². The van der Waals surface area contributed by atoms with Gasteiger partial charge in [-0.3, -0.25) is 4.21 Å². The average molecular weight is 352 g/mol. The van der Waals surface area contributed by atoms with Gasteiger partial charge >= 0.3 is 0 Å². The van der Waals surface area contributed by atoms with Gasteiger partial charge in [-0.15, -0.1) is 10.2 Å². The van der Waals surface area contributed by atoms with Crippen molar-refractivity contribution in [1.82, 2.24) is 10.2 Å². The molecule has 0 aliphatic rings. The summed E-state index contributed by atoms with van der Waals surface area (Å²) in [6.45, 7) is 3.68. The fraction of sp³-hybridized carbons (Fsp3) is 0.158. The monoisotopic (exact) mass is 352 g/mol. The van der Waals surface area contributed by atoms with Crippen molar-refractivity contribution in [2.45, 2.75) is 18.7 Å². The number of aryl methyl sites for hydroxylation is 1. The molecule has 0 N–H and O–H groups in total. The number of rotatable bonds is 4. The van der Waals surface area contributed by atoms with E-state index in [0.29, 0.717) is 17.5 Å². The van der Waals surface area contributed by atoms with E-state index in [1.165, 1.54) is 0 Å². The molecule has 0 aliphatic heterocycles. The number of hydrogen-bond donors (Lipinski definition) is 0. The van der Waals surface area contributed by atoms with Crippen LogP contribution in [0, 0.1) is 6.92 Å². The average Bonchev–Trinajstić information content (AvgIpc) is 3.27. The highest BCUT2D eigenvalue weighted by Gasteiger charge is 2.13. The number of benzene rings is 2. The third-order valence-electron chi connectivity index (χ3n) is 4.04. The Kier molecular flexibility index (Phi) is 3.97. The summed E-state index contributed by atoms with van der Waals surface area (Å²) in [6, 6.07) is 13.5. The minimum Gasteiger partial charge on any atom is -0.464 e. The van der Waals surface area contributed by atoms with Gasteiger partial charge in [0.15, 0.2) is 0 Å². The van der Waals surface area contributed by atoms with Gasteiger partial charge in [0.2, 0.25) is 11.8 Å². The Labute approximate surface area is 147 Å². The van der Waals surface area contributed by atoms with Gasteiger partial charge in [0.1, 0.15) is 5.58 Å². The lowest BCUT2D eigenvalue weighted by molar-refractivity contribution is 0.533. The van der Waals surface area contributed by atoms with Crippen molar-refractivity contribution in [1.29, 1.82) is 0 Å². The lowest BCUT2D eigenvalue weighted by Gasteiger charge is -2.03. The molecule has 0 amide bonds. The summed E-state index contributed by atoms with van der Waals surface area (Å²) in [4.78, 5) is 0.834. The molecule has 0 radical (unpaired) electrons. The SMILES string of the molecule is CCS(=O)c1ccc(-c2coc3ccc(-c4nnc(C)o4)cc23)cc1. The molecule has 6 heteroatoms. The minimum atomic E-state index is -0.950. The predicted octanol–water partition coefficient (Wildman–Crippen LogP) is 4.59. The molecule has 1 unspecified atom stereocenters. The van der Waals surface area contributed by atoms with Crippen LogP contribution in [0.25, 0.3) is 33.6 Å². The molecule has 2 aromatic heterocycles. The second-order valence-corrected chi connectivity index (χ2v) is 7.38. The summed E-state index contributed by atoms with van der Waals surface area (Å²) in [6.07, 6.45) is 1.74. The maximum absolute atomic E-state index is 11.9. The fourth-order valence-corrected chi connectivity index (χ4v) is 3.52. The van der Waals surface area contributed by atoms with E-state index in [-0.39, 0.29) is 0 Å². The first-order chi connectivity index (χ1) is 12.2. The van der Waals surface area contributed by atoms with E-state index in [1.54, 1.807) is 13.2 Å². The molecule has 2 aromatic carbocycles. The van der Waals surface area contributed by atoms with Crippen molar-refractivity contribution < 1.29 is 13.0 Å². The highest BCUT2D eigenvalue weighted by Crippen LogP contribution is 2.33. The summed E-state index contributed by atoms with van der Waals surface area (Å²) >= 11 is 0. The van der Waals surface area contributed by atoms with Gasteiger partial charge < -0.3 is 8.83 Å². The van der Waals surface area contributed by atoms with E-state index in [9.17, 15) is 4.21 Å². The minimum absolute atomic E-state index is 0.486. The van der Waals surface area contributed by atoms with Crippen molar-refractivity contribution in [2.75, 3.05) is 5.75 Å². The molecule has 0 saturated carbocycles. The van der Waals surface area contributed by atoms with Crippen LogP contribution in [0.3, 0.4) is 0 Å². The lowest BCUT2D eigenvalue weighted by atomic mass is 10.0. The molecule has 25 heavy (non-hydrogen) atoms. The first-order valence-electron chi connectivity index (χ1n) is 7.96. The van der Waals surface area contributed by atoms with E-state index in [2.05, 4.69) is 10.2 Å². The predicted molar refractivity (Wildman–Crippen MR) is 96.6 cm³/mol. The van der Waals surface area contributed by atoms with Gasteiger partial charge in [-0.25, -0.2) is 0 Å². The molecule has 0 aliphatic carbocycles. The van der Waals surface area contributed by atoms with Gasteiger partial charge in [0.25, 0.3) is 0 Å². The summed E-state index contributed by atoms with van der Waals surface area (Å²) < 4.78 is 23.1. The first-order valence-corrected chi connectivity index (χ1v) is 9.28. The highest BCUT2D eigenvalue weighted by molar-refractivity contribution is 7.85. The normalized spacial score (nSPS) is 12.6. The number of aromatic nitrogens is 2.